The molecule has 0 saturated heterocycles. The lowest BCUT2D eigenvalue weighted by atomic mass is 9.97. The smallest absolute Gasteiger partial charge is 0.181 e. The van der Waals surface area contributed by atoms with Crippen molar-refractivity contribution in [1.82, 2.24) is 0 Å². The van der Waals surface area contributed by atoms with E-state index < -0.39 is 64.0 Å². The van der Waals surface area contributed by atoms with Crippen molar-refractivity contribution in [3.05, 3.63) is 35.4 Å². The molecule has 0 aromatic heterocycles. The second-order valence-corrected chi connectivity index (χ2v) is 62.6. The molecular weight excluding hydrogens is 613 g/mol. The molecular formula is C31H66OSi8. The molecule has 0 aliphatic carbocycles. The van der Waals surface area contributed by atoms with Crippen molar-refractivity contribution in [3.63, 3.8) is 0 Å². The fourth-order valence-corrected chi connectivity index (χ4v) is 117. The van der Waals surface area contributed by atoms with Crippen LogP contribution in [0.1, 0.15) is 52.7 Å². The van der Waals surface area contributed by atoms with E-state index in [1.165, 1.54) is 5.56 Å². The lowest BCUT2D eigenvalue weighted by molar-refractivity contribution is 0.0925. The monoisotopic (exact) mass is 678 g/mol. The second-order valence-electron chi connectivity index (χ2n) is 18.1. The van der Waals surface area contributed by atoms with E-state index in [2.05, 4.69) is 151 Å². The lowest BCUT2D eigenvalue weighted by Gasteiger charge is -2.59. The average Bonchev–Trinajstić information content (AvgIpc) is 2.68. The molecule has 1 aromatic rings. The zero-order chi connectivity index (χ0) is 31.4. The highest BCUT2D eigenvalue weighted by atomic mass is 29.6. The van der Waals surface area contributed by atoms with Crippen LogP contribution in [0, 0.1) is 12.8 Å². The van der Waals surface area contributed by atoms with E-state index in [0.717, 1.165) is 20.7 Å². The maximum Gasteiger partial charge on any atom is 0.181 e. The third-order valence-electron chi connectivity index (χ3n) is 9.04. The summed E-state index contributed by atoms with van der Waals surface area (Å²) >= 11 is 0. The van der Waals surface area contributed by atoms with Crippen molar-refractivity contribution in [3.8, 4) is 0 Å². The summed E-state index contributed by atoms with van der Waals surface area (Å²) in [6.45, 7) is 50.6. The highest BCUT2D eigenvalue weighted by molar-refractivity contribution is 7.53. The summed E-state index contributed by atoms with van der Waals surface area (Å²) in [4.78, 5) is 2.06. The van der Waals surface area contributed by atoms with Gasteiger partial charge in [0.05, 0.1) is 15.7 Å². The Labute approximate surface area is 261 Å². The Kier molecular flexibility index (Phi) is 11.7. The Morgan fingerprint density at radius 2 is 0.950 bits per heavy atom. The van der Waals surface area contributed by atoms with Gasteiger partial charge in [-0.2, -0.15) is 0 Å². The van der Waals surface area contributed by atoms with Gasteiger partial charge in [0.2, 0.25) is 0 Å². The molecule has 1 aliphatic rings. The van der Waals surface area contributed by atoms with E-state index in [9.17, 15) is 0 Å². The highest BCUT2D eigenvalue weighted by Crippen LogP contribution is 2.50. The van der Waals surface area contributed by atoms with Crippen LogP contribution in [0.5, 0.6) is 0 Å². The van der Waals surface area contributed by atoms with Crippen LogP contribution in [0.4, 0.5) is 0 Å². The minimum atomic E-state index is -1.37. The predicted octanol–water partition coefficient (Wildman–Crippen LogP) is 10.2. The van der Waals surface area contributed by atoms with Gasteiger partial charge < -0.3 is 4.43 Å². The van der Waals surface area contributed by atoms with Crippen LogP contribution < -0.4 is 0 Å². The quantitative estimate of drug-likeness (QED) is 0.200. The molecule has 0 bridgehead atoms. The molecule has 1 nitrogen and oxygen atoms in total. The zero-order valence-electron chi connectivity index (χ0n) is 30.1. The highest BCUT2D eigenvalue weighted by Gasteiger charge is 2.62. The van der Waals surface area contributed by atoms with E-state index in [1.807, 2.05) is 0 Å². The standard InChI is InChI=1S/C31H66OSi8/c1-24(2)31(28-22-20-27(7)21-23-28)32-36(34(26(5)6)30(39(14,15)16)40(17,18)19)35(31)33(25(3)4)29(37(8,9)10)38(11,12)13/h20-26,29-30H,1-19H3. The van der Waals surface area contributed by atoms with Crippen molar-refractivity contribution in [2.75, 3.05) is 0 Å². The van der Waals surface area contributed by atoms with Gasteiger partial charge in [-0.1, -0.05) is 165 Å². The van der Waals surface area contributed by atoms with E-state index in [-0.39, 0.29) is 5.22 Å². The van der Waals surface area contributed by atoms with Gasteiger partial charge in [-0.3, -0.25) is 0 Å². The van der Waals surface area contributed by atoms with Crippen LogP contribution in [0.25, 0.3) is 0 Å². The maximum absolute atomic E-state index is 7.92. The first-order valence-electron chi connectivity index (χ1n) is 16.0. The molecule has 9 heteroatoms. The Bertz CT molecular complexity index is 1010. The third-order valence-corrected chi connectivity index (χ3v) is 76.1. The van der Waals surface area contributed by atoms with Crippen molar-refractivity contribution in [1.29, 1.82) is 0 Å². The molecule has 0 amide bonds. The summed E-state index contributed by atoms with van der Waals surface area (Å²) in [5, 5.41) is 0.0109. The topological polar surface area (TPSA) is 9.23 Å². The Morgan fingerprint density at radius 3 is 1.25 bits per heavy atom. The number of hydrogen-bond acceptors (Lipinski definition) is 1. The van der Waals surface area contributed by atoms with Crippen LogP contribution in [0.3, 0.4) is 0 Å². The van der Waals surface area contributed by atoms with Gasteiger partial charge in [-0.15, -0.1) is 0 Å². The molecule has 1 aliphatic heterocycles. The number of benzene rings is 1. The second kappa shape index (κ2) is 12.6. The minimum Gasteiger partial charge on any atom is -0.550 e. The van der Waals surface area contributed by atoms with Gasteiger partial charge in [0.1, 0.15) is 13.5 Å². The maximum atomic E-state index is 7.92. The first-order valence-corrected chi connectivity index (χ1v) is 39.6. The van der Waals surface area contributed by atoms with Crippen LogP contribution in [0.2, 0.25) is 99.2 Å². The van der Waals surface area contributed by atoms with Crippen LogP contribution in [-0.4, -0.2) is 64.0 Å². The summed E-state index contributed by atoms with van der Waals surface area (Å²) in [5.41, 5.74) is 4.58. The summed E-state index contributed by atoms with van der Waals surface area (Å²) in [5.74, 6) is 0.549. The lowest BCUT2D eigenvalue weighted by Crippen LogP contribution is -2.75. The molecule has 0 saturated carbocycles. The van der Waals surface area contributed by atoms with E-state index in [0.29, 0.717) is 5.92 Å². The Morgan fingerprint density at radius 1 is 0.600 bits per heavy atom. The summed E-state index contributed by atoms with van der Waals surface area (Å²) < 4.78 is 7.92. The SMILES string of the molecule is Cc1ccc(C2(C(C)C)O[Si]([Si](C(C)C)C([Si](C)(C)C)[Si](C)(C)C)=[Si]2[Si](C(C)C)C([Si](C)(C)C)[Si](C)(C)C)cc1. The summed E-state index contributed by atoms with van der Waals surface area (Å²) in [6.07, 6.45) is 0. The van der Waals surface area contributed by atoms with Crippen molar-refractivity contribution >= 4 is 64.0 Å². The Hall–Kier alpha value is 0.755. The largest absolute Gasteiger partial charge is 0.550 e. The predicted molar refractivity (Wildman–Crippen MR) is 203 cm³/mol. The number of rotatable bonds is 12. The number of aryl methyl sites for hydroxylation is 1. The first-order chi connectivity index (χ1) is 17.8. The van der Waals surface area contributed by atoms with Gasteiger partial charge in [-0.05, 0) is 23.9 Å². The molecule has 2 radical (unpaired) electrons. The molecule has 40 heavy (non-hydrogen) atoms. The molecule has 0 spiro atoms. The van der Waals surface area contributed by atoms with E-state index in [4.69, 9.17) is 4.43 Å². The van der Waals surface area contributed by atoms with Crippen molar-refractivity contribution in [2.45, 2.75) is 153 Å². The normalized spacial score (nSPS) is 19.6. The number of hydrogen-bond donors (Lipinski definition) is 0. The van der Waals surface area contributed by atoms with Gasteiger partial charge in [0.15, 0.2) is 7.65 Å². The minimum absolute atomic E-state index is 0.0109. The average molecular weight is 680 g/mol. The first kappa shape index (κ1) is 36.9. The molecule has 2 rings (SSSR count). The summed E-state index contributed by atoms with van der Waals surface area (Å²) in [7, 11) is -8.22. The Balaban J connectivity index is 3.14. The molecule has 1 aromatic carbocycles. The third kappa shape index (κ3) is 7.51. The molecule has 228 valence electrons. The van der Waals surface area contributed by atoms with Gasteiger partial charge in [0.25, 0.3) is 0 Å². The zero-order valence-corrected chi connectivity index (χ0v) is 38.1. The van der Waals surface area contributed by atoms with E-state index in [1.54, 1.807) is 5.56 Å². The summed E-state index contributed by atoms with van der Waals surface area (Å²) in [6, 6.07) is 9.74. The van der Waals surface area contributed by atoms with Gasteiger partial charge in [-0.25, -0.2) is 0 Å². The molecule has 0 fully saturated rings. The molecule has 1 atom stereocenters. The van der Waals surface area contributed by atoms with Gasteiger partial charge >= 0.3 is 0 Å². The van der Waals surface area contributed by atoms with Crippen LogP contribution in [0.15, 0.2) is 24.3 Å². The van der Waals surface area contributed by atoms with Crippen molar-refractivity contribution < 1.29 is 4.43 Å². The molecule has 1 unspecified atom stereocenters. The van der Waals surface area contributed by atoms with E-state index >= 15 is 0 Å². The van der Waals surface area contributed by atoms with Crippen LogP contribution >= 0.6 is 0 Å². The van der Waals surface area contributed by atoms with Gasteiger partial charge in [0, 0.05) is 32.3 Å². The molecule has 0 N–H and O–H groups in total. The van der Waals surface area contributed by atoms with Crippen LogP contribution in [-0.2, 0) is 9.65 Å². The fraction of sp³-hybridized carbons (Fsp3) is 0.806. The molecule has 1 heterocycles. The fourth-order valence-electron chi connectivity index (χ4n) is 8.64. The van der Waals surface area contributed by atoms with Crippen molar-refractivity contribution in [2.24, 2.45) is 5.92 Å².